The first-order chi connectivity index (χ1) is 9.72. The lowest BCUT2D eigenvalue weighted by Gasteiger charge is -2.16. The Bertz CT molecular complexity index is 575. The van der Waals surface area contributed by atoms with Crippen LogP contribution in [0.5, 0.6) is 0 Å². The van der Waals surface area contributed by atoms with Gasteiger partial charge in [-0.05, 0) is 18.2 Å². The monoisotopic (exact) mass is 312 g/mol. The van der Waals surface area contributed by atoms with E-state index in [1.165, 1.54) is 23.1 Å². The smallest absolute Gasteiger partial charge is 0.255 e. The van der Waals surface area contributed by atoms with Crippen LogP contribution < -0.4 is 16.8 Å². The molecule has 5 N–H and O–H groups in total. The first-order valence-electron chi connectivity index (χ1n) is 6.08. The molecule has 7 nitrogen and oxygen atoms in total. The van der Waals surface area contributed by atoms with Gasteiger partial charge in [0, 0.05) is 19.1 Å². The summed E-state index contributed by atoms with van der Waals surface area (Å²) in [6.07, 6.45) is -0.288. The van der Waals surface area contributed by atoms with Gasteiger partial charge in [0.25, 0.3) is 5.91 Å². The number of rotatable bonds is 5. The highest BCUT2D eigenvalue weighted by Crippen LogP contribution is 2.22. The Morgan fingerprint density at radius 3 is 2.48 bits per heavy atom. The highest BCUT2D eigenvalue weighted by atomic mass is 35.5. The van der Waals surface area contributed by atoms with Crippen molar-refractivity contribution in [3.05, 3.63) is 28.8 Å². The fourth-order valence-corrected chi connectivity index (χ4v) is 1.75. The van der Waals surface area contributed by atoms with E-state index >= 15 is 0 Å². The quantitative estimate of drug-likeness (QED) is 0.718. The molecule has 1 aromatic rings. The highest BCUT2D eigenvalue weighted by Gasteiger charge is 2.20. The minimum atomic E-state index is -1.09. The maximum atomic E-state index is 12.0. The summed E-state index contributed by atoms with van der Waals surface area (Å²) < 4.78 is 0. The van der Waals surface area contributed by atoms with E-state index in [9.17, 15) is 14.4 Å². The van der Waals surface area contributed by atoms with Gasteiger partial charge >= 0.3 is 0 Å². The Morgan fingerprint density at radius 2 is 1.95 bits per heavy atom. The minimum Gasteiger partial charge on any atom is -0.370 e. The number of hydrogen-bond acceptors (Lipinski definition) is 4. The van der Waals surface area contributed by atoms with Crippen molar-refractivity contribution in [1.29, 1.82) is 0 Å². The molecule has 0 heterocycles. The lowest BCUT2D eigenvalue weighted by molar-refractivity contribution is -0.123. The zero-order chi connectivity index (χ0) is 16.2. The highest BCUT2D eigenvalue weighted by molar-refractivity contribution is 6.31. The average molecular weight is 313 g/mol. The third-order valence-electron chi connectivity index (χ3n) is 2.63. The van der Waals surface area contributed by atoms with Crippen LogP contribution in [0, 0.1) is 0 Å². The summed E-state index contributed by atoms with van der Waals surface area (Å²) in [6.45, 7) is 0. The number of carbonyl (C=O) groups excluding carboxylic acids is 3. The first kappa shape index (κ1) is 16.9. The summed E-state index contributed by atoms with van der Waals surface area (Å²) in [5.74, 6) is -1.61. The van der Waals surface area contributed by atoms with Gasteiger partial charge in [0.15, 0.2) is 0 Å². The van der Waals surface area contributed by atoms with Gasteiger partial charge in [0.1, 0.15) is 0 Å². The molecular weight excluding hydrogens is 296 g/mol. The molecule has 0 radical (unpaired) electrons. The van der Waals surface area contributed by atoms with Gasteiger partial charge in [-0.2, -0.15) is 0 Å². The number of amides is 3. The Morgan fingerprint density at radius 1 is 1.33 bits per heavy atom. The summed E-state index contributed by atoms with van der Waals surface area (Å²) in [7, 11) is 3.17. The second-order valence-electron chi connectivity index (χ2n) is 4.66. The average Bonchev–Trinajstić information content (AvgIpc) is 2.37. The van der Waals surface area contributed by atoms with Crippen molar-refractivity contribution in [2.75, 3.05) is 19.4 Å². The number of nitrogens with two attached hydrogens (primary N) is 2. The van der Waals surface area contributed by atoms with Gasteiger partial charge in [-0.25, -0.2) is 0 Å². The summed E-state index contributed by atoms with van der Waals surface area (Å²) in [4.78, 5) is 36.1. The molecule has 0 bridgehead atoms. The molecule has 114 valence electrons. The third kappa shape index (κ3) is 4.73. The Balaban J connectivity index is 3.01. The standard InChI is InChI=1S/C13H17ClN4O3/c1-18(2)13(21)8-4-3-7(14)5-10(8)17-12(20)9(15)6-11(16)19/h3-5,9H,6,15H2,1-2H3,(H2,16,19)(H,17,20). The van der Waals surface area contributed by atoms with E-state index in [0.717, 1.165) is 0 Å². The van der Waals surface area contributed by atoms with Crippen LogP contribution in [0.15, 0.2) is 18.2 Å². The van der Waals surface area contributed by atoms with E-state index in [2.05, 4.69) is 5.32 Å². The molecule has 0 fully saturated rings. The van der Waals surface area contributed by atoms with E-state index in [0.29, 0.717) is 5.02 Å². The van der Waals surface area contributed by atoms with Gasteiger partial charge in [0.05, 0.1) is 23.7 Å². The van der Waals surface area contributed by atoms with Gasteiger partial charge < -0.3 is 21.7 Å². The molecule has 3 amide bonds. The number of primary amides is 1. The number of carbonyl (C=O) groups is 3. The third-order valence-corrected chi connectivity index (χ3v) is 2.87. The molecule has 1 unspecified atom stereocenters. The molecule has 1 atom stereocenters. The lowest BCUT2D eigenvalue weighted by Crippen LogP contribution is -2.39. The number of anilines is 1. The molecule has 21 heavy (non-hydrogen) atoms. The molecule has 1 rings (SSSR count). The van der Waals surface area contributed by atoms with Gasteiger partial charge in [0.2, 0.25) is 11.8 Å². The van der Waals surface area contributed by atoms with E-state index in [1.54, 1.807) is 14.1 Å². The van der Waals surface area contributed by atoms with Crippen molar-refractivity contribution < 1.29 is 14.4 Å². The topological polar surface area (TPSA) is 119 Å². The Kier molecular flexibility index (Phi) is 5.69. The molecular formula is C13H17ClN4O3. The van der Waals surface area contributed by atoms with Crippen LogP contribution in [-0.4, -0.2) is 42.8 Å². The minimum absolute atomic E-state index is 0.228. The summed E-state index contributed by atoms with van der Waals surface area (Å²) >= 11 is 5.87. The maximum Gasteiger partial charge on any atom is 0.255 e. The van der Waals surface area contributed by atoms with E-state index in [4.69, 9.17) is 23.1 Å². The van der Waals surface area contributed by atoms with Crippen LogP contribution in [0.25, 0.3) is 0 Å². The lowest BCUT2D eigenvalue weighted by atomic mass is 10.1. The first-order valence-corrected chi connectivity index (χ1v) is 6.46. The maximum absolute atomic E-state index is 12.0. The summed E-state index contributed by atoms with van der Waals surface area (Å²) in [5, 5.41) is 2.84. The number of benzene rings is 1. The normalized spacial score (nSPS) is 11.6. The number of halogens is 1. The Hall–Kier alpha value is -2.12. The zero-order valence-electron chi connectivity index (χ0n) is 11.7. The van der Waals surface area contributed by atoms with Crippen LogP contribution in [0.4, 0.5) is 5.69 Å². The van der Waals surface area contributed by atoms with Crippen LogP contribution >= 0.6 is 11.6 Å². The van der Waals surface area contributed by atoms with Crippen molar-refractivity contribution in [2.45, 2.75) is 12.5 Å². The van der Waals surface area contributed by atoms with Crippen molar-refractivity contribution in [3.8, 4) is 0 Å². The molecule has 0 aliphatic rings. The number of hydrogen-bond donors (Lipinski definition) is 3. The molecule has 0 saturated heterocycles. The predicted molar refractivity (Wildman–Crippen MR) is 79.9 cm³/mol. The summed E-state index contributed by atoms with van der Waals surface area (Å²) in [5.41, 5.74) is 11.0. The Labute approximate surface area is 127 Å². The molecule has 8 heteroatoms. The van der Waals surface area contributed by atoms with Crippen molar-refractivity contribution in [3.63, 3.8) is 0 Å². The van der Waals surface area contributed by atoms with Gasteiger partial charge in [-0.1, -0.05) is 11.6 Å². The number of nitrogens with one attached hydrogen (secondary N) is 1. The van der Waals surface area contributed by atoms with Gasteiger partial charge in [-0.3, -0.25) is 14.4 Å². The van der Waals surface area contributed by atoms with Crippen LogP contribution in [0.1, 0.15) is 16.8 Å². The van der Waals surface area contributed by atoms with Crippen molar-refractivity contribution >= 4 is 35.0 Å². The fourth-order valence-electron chi connectivity index (χ4n) is 1.58. The fraction of sp³-hybridized carbons (Fsp3) is 0.308. The van der Waals surface area contributed by atoms with Crippen LogP contribution in [0.2, 0.25) is 5.02 Å². The van der Waals surface area contributed by atoms with Crippen LogP contribution in [-0.2, 0) is 9.59 Å². The predicted octanol–water partition coefficient (Wildman–Crippen LogP) is 0.183. The molecule has 0 spiro atoms. The number of nitrogens with zero attached hydrogens (tertiary/aromatic N) is 1. The second kappa shape index (κ2) is 7.05. The SMILES string of the molecule is CN(C)C(=O)c1ccc(Cl)cc1NC(=O)C(N)CC(N)=O. The molecule has 0 aliphatic carbocycles. The molecule has 1 aromatic carbocycles. The van der Waals surface area contributed by atoms with Crippen molar-refractivity contribution in [2.24, 2.45) is 11.5 Å². The van der Waals surface area contributed by atoms with Crippen molar-refractivity contribution in [1.82, 2.24) is 4.90 Å². The van der Waals surface area contributed by atoms with Crippen LogP contribution in [0.3, 0.4) is 0 Å². The molecule has 0 aromatic heterocycles. The summed E-state index contributed by atoms with van der Waals surface area (Å²) in [6, 6.07) is 3.38. The molecule has 0 aliphatic heterocycles. The van der Waals surface area contributed by atoms with E-state index < -0.39 is 17.9 Å². The zero-order valence-corrected chi connectivity index (χ0v) is 12.5. The largest absolute Gasteiger partial charge is 0.370 e. The van der Waals surface area contributed by atoms with Gasteiger partial charge in [-0.15, -0.1) is 0 Å². The van der Waals surface area contributed by atoms with E-state index in [1.807, 2.05) is 0 Å². The second-order valence-corrected chi connectivity index (χ2v) is 5.09. The molecule has 0 saturated carbocycles. The van der Waals surface area contributed by atoms with E-state index in [-0.39, 0.29) is 23.6 Å².